The van der Waals surface area contributed by atoms with Crippen molar-refractivity contribution in [3.63, 3.8) is 0 Å². The number of benzene rings is 1. The highest BCUT2D eigenvalue weighted by molar-refractivity contribution is 6.31. The maximum Gasteiger partial charge on any atom is 0.0451 e. The maximum absolute atomic E-state index is 6.32. The summed E-state index contributed by atoms with van der Waals surface area (Å²) < 4.78 is 0. The number of hydrogen-bond acceptors (Lipinski definition) is 2. The van der Waals surface area contributed by atoms with Gasteiger partial charge in [-0.05, 0) is 30.4 Å². The van der Waals surface area contributed by atoms with Crippen LogP contribution in [0, 0.1) is 5.92 Å². The lowest BCUT2D eigenvalue weighted by molar-refractivity contribution is 0.105. The summed E-state index contributed by atoms with van der Waals surface area (Å²) in [4.78, 5) is 2.62. The molecule has 0 aromatic heterocycles. The van der Waals surface area contributed by atoms with Crippen LogP contribution in [0.15, 0.2) is 24.3 Å². The highest BCUT2D eigenvalue weighted by atomic mass is 35.5. The van der Waals surface area contributed by atoms with Gasteiger partial charge in [-0.15, -0.1) is 0 Å². The van der Waals surface area contributed by atoms with Gasteiger partial charge in [-0.25, -0.2) is 0 Å². The Balaban J connectivity index is 2.08. The summed E-state index contributed by atoms with van der Waals surface area (Å²) in [5.41, 5.74) is 1.25. The van der Waals surface area contributed by atoms with Gasteiger partial charge in [0.25, 0.3) is 0 Å². The molecule has 1 aromatic carbocycles. The minimum absolute atomic E-state index is 0.612. The van der Waals surface area contributed by atoms with E-state index in [1.165, 1.54) is 18.4 Å². The Morgan fingerprint density at radius 1 is 1.35 bits per heavy atom. The van der Waals surface area contributed by atoms with Gasteiger partial charge in [-0.3, -0.25) is 4.90 Å². The first-order valence-electron chi connectivity index (χ1n) is 7.81. The maximum atomic E-state index is 6.32. The van der Waals surface area contributed by atoms with Crippen LogP contribution in [0.2, 0.25) is 5.02 Å². The quantitative estimate of drug-likeness (QED) is 0.885. The van der Waals surface area contributed by atoms with Gasteiger partial charge >= 0.3 is 0 Å². The van der Waals surface area contributed by atoms with Gasteiger partial charge in [-0.2, -0.15) is 0 Å². The molecular formula is C17H27ClN2. The van der Waals surface area contributed by atoms with Crippen LogP contribution in [-0.2, 0) is 6.54 Å². The summed E-state index contributed by atoms with van der Waals surface area (Å²) in [6, 6.07) is 9.46. The molecule has 0 radical (unpaired) electrons. The van der Waals surface area contributed by atoms with Gasteiger partial charge in [0, 0.05) is 36.7 Å². The summed E-state index contributed by atoms with van der Waals surface area (Å²) in [5.74, 6) is 0.730. The lowest BCUT2D eigenvalue weighted by Crippen LogP contribution is -2.56. The predicted octanol–water partition coefficient (Wildman–Crippen LogP) is 3.94. The Morgan fingerprint density at radius 2 is 2.10 bits per heavy atom. The molecule has 3 heteroatoms. The van der Waals surface area contributed by atoms with Crippen LogP contribution < -0.4 is 5.32 Å². The van der Waals surface area contributed by atoms with Crippen molar-refractivity contribution in [1.29, 1.82) is 0 Å². The summed E-state index contributed by atoms with van der Waals surface area (Å²) in [7, 11) is 0. The fourth-order valence-electron chi connectivity index (χ4n) is 3.02. The zero-order chi connectivity index (χ0) is 14.5. The largest absolute Gasteiger partial charge is 0.311 e. The molecule has 1 aliphatic rings. The molecule has 2 atom stereocenters. The number of nitrogens with zero attached hydrogens (tertiary/aromatic N) is 1. The topological polar surface area (TPSA) is 15.3 Å². The second-order valence-electron chi connectivity index (χ2n) is 6.32. The molecule has 1 fully saturated rings. The Kier molecular flexibility index (Phi) is 5.88. The smallest absolute Gasteiger partial charge is 0.0451 e. The summed E-state index contributed by atoms with van der Waals surface area (Å²) in [6.45, 7) is 10.1. The van der Waals surface area contributed by atoms with Crippen molar-refractivity contribution in [2.75, 3.05) is 13.1 Å². The number of piperazine rings is 1. The van der Waals surface area contributed by atoms with Crippen molar-refractivity contribution in [3.8, 4) is 0 Å². The molecular weight excluding hydrogens is 268 g/mol. The van der Waals surface area contributed by atoms with Crippen molar-refractivity contribution in [2.24, 2.45) is 5.92 Å². The summed E-state index contributed by atoms with van der Waals surface area (Å²) in [6.07, 6.45) is 2.43. The Hall–Kier alpha value is -0.570. The molecule has 1 saturated heterocycles. The average molecular weight is 295 g/mol. The van der Waals surface area contributed by atoms with E-state index in [2.05, 4.69) is 43.1 Å². The first-order chi connectivity index (χ1) is 9.60. The van der Waals surface area contributed by atoms with Gasteiger partial charge in [0.1, 0.15) is 0 Å². The summed E-state index contributed by atoms with van der Waals surface area (Å²) >= 11 is 6.32. The van der Waals surface area contributed by atoms with Crippen molar-refractivity contribution < 1.29 is 0 Å². The molecule has 0 saturated carbocycles. The molecule has 0 amide bonds. The third kappa shape index (κ3) is 4.21. The third-order valence-corrected chi connectivity index (χ3v) is 4.55. The van der Waals surface area contributed by atoms with Gasteiger partial charge < -0.3 is 5.32 Å². The standard InChI is InChI=1S/C17H27ClN2/c1-4-15-12-20(16(10-19-15)9-13(2)3)11-14-7-5-6-8-17(14)18/h5-8,13,15-16,19H,4,9-12H2,1-3H3. The number of nitrogens with one attached hydrogen (secondary N) is 1. The normalized spacial score (nSPS) is 24.2. The number of hydrogen-bond donors (Lipinski definition) is 1. The van der Waals surface area contributed by atoms with Crippen LogP contribution in [0.5, 0.6) is 0 Å². The van der Waals surface area contributed by atoms with E-state index in [9.17, 15) is 0 Å². The van der Waals surface area contributed by atoms with Crippen molar-refractivity contribution in [2.45, 2.75) is 52.2 Å². The zero-order valence-corrected chi connectivity index (χ0v) is 13.7. The van der Waals surface area contributed by atoms with Crippen molar-refractivity contribution in [3.05, 3.63) is 34.9 Å². The van der Waals surface area contributed by atoms with E-state index in [0.29, 0.717) is 12.1 Å². The second-order valence-corrected chi connectivity index (χ2v) is 6.72. The molecule has 2 unspecified atom stereocenters. The van der Waals surface area contributed by atoms with Gasteiger partial charge in [0.05, 0.1) is 0 Å². The Morgan fingerprint density at radius 3 is 2.75 bits per heavy atom. The molecule has 0 bridgehead atoms. The van der Waals surface area contributed by atoms with E-state index in [-0.39, 0.29) is 0 Å². The molecule has 20 heavy (non-hydrogen) atoms. The third-order valence-electron chi connectivity index (χ3n) is 4.18. The second kappa shape index (κ2) is 7.44. The molecule has 2 rings (SSSR count). The first kappa shape index (κ1) is 15.8. The van der Waals surface area contributed by atoms with Gasteiger partial charge in [0.2, 0.25) is 0 Å². The lowest BCUT2D eigenvalue weighted by Gasteiger charge is -2.41. The van der Waals surface area contributed by atoms with Crippen LogP contribution in [-0.4, -0.2) is 30.1 Å². The van der Waals surface area contributed by atoms with Crippen LogP contribution >= 0.6 is 11.6 Å². The van der Waals surface area contributed by atoms with E-state index in [1.807, 2.05) is 12.1 Å². The van der Waals surface area contributed by atoms with Crippen LogP contribution in [0.25, 0.3) is 0 Å². The lowest BCUT2D eigenvalue weighted by atomic mass is 9.97. The zero-order valence-electron chi connectivity index (χ0n) is 12.9. The average Bonchev–Trinajstić information content (AvgIpc) is 2.42. The fraction of sp³-hybridized carbons (Fsp3) is 0.647. The summed E-state index contributed by atoms with van der Waals surface area (Å²) in [5, 5.41) is 4.57. The van der Waals surface area contributed by atoms with Crippen molar-refractivity contribution >= 4 is 11.6 Å². The van der Waals surface area contributed by atoms with Gasteiger partial charge in [0.15, 0.2) is 0 Å². The Labute approximate surface area is 128 Å². The molecule has 1 aliphatic heterocycles. The van der Waals surface area contributed by atoms with E-state index >= 15 is 0 Å². The number of halogens is 1. The molecule has 1 N–H and O–H groups in total. The monoisotopic (exact) mass is 294 g/mol. The van der Waals surface area contributed by atoms with Crippen molar-refractivity contribution in [1.82, 2.24) is 10.2 Å². The minimum Gasteiger partial charge on any atom is -0.311 e. The number of rotatable bonds is 5. The molecule has 0 spiro atoms. The Bertz CT molecular complexity index is 419. The molecule has 1 aromatic rings. The predicted molar refractivity (Wildman–Crippen MR) is 87.2 cm³/mol. The van der Waals surface area contributed by atoms with Crippen LogP contribution in [0.4, 0.5) is 0 Å². The van der Waals surface area contributed by atoms with Crippen LogP contribution in [0.3, 0.4) is 0 Å². The SMILES string of the molecule is CCC1CN(Cc2ccccc2Cl)C(CC(C)C)CN1. The molecule has 1 heterocycles. The van der Waals surface area contributed by atoms with E-state index in [4.69, 9.17) is 11.6 Å². The first-order valence-corrected chi connectivity index (χ1v) is 8.18. The molecule has 0 aliphatic carbocycles. The van der Waals surface area contributed by atoms with E-state index in [1.54, 1.807) is 0 Å². The fourth-order valence-corrected chi connectivity index (χ4v) is 3.21. The highest BCUT2D eigenvalue weighted by Gasteiger charge is 2.27. The molecule has 112 valence electrons. The van der Waals surface area contributed by atoms with Crippen LogP contribution in [0.1, 0.15) is 39.2 Å². The van der Waals surface area contributed by atoms with E-state index in [0.717, 1.165) is 30.6 Å². The molecule has 2 nitrogen and oxygen atoms in total. The highest BCUT2D eigenvalue weighted by Crippen LogP contribution is 2.22. The minimum atomic E-state index is 0.612. The van der Waals surface area contributed by atoms with E-state index < -0.39 is 0 Å². The van der Waals surface area contributed by atoms with Gasteiger partial charge in [-0.1, -0.05) is 50.6 Å².